The van der Waals surface area contributed by atoms with E-state index in [1.54, 1.807) is 7.11 Å². The number of aryl methyl sites for hydroxylation is 2. The molecule has 8 nitrogen and oxygen atoms in total. The molecular weight excluding hydrogens is 440 g/mol. The van der Waals surface area contributed by atoms with Crippen molar-refractivity contribution in [3.8, 4) is 17.0 Å². The van der Waals surface area contributed by atoms with Crippen molar-refractivity contribution >= 4 is 27.8 Å². The molecule has 1 aromatic carbocycles. The summed E-state index contributed by atoms with van der Waals surface area (Å²) in [5.74, 6) is 1.74. The van der Waals surface area contributed by atoms with Gasteiger partial charge in [-0.15, -0.1) is 0 Å². The topological polar surface area (TPSA) is 77.3 Å². The Kier molecular flexibility index (Phi) is 6.11. The average molecular weight is 475 g/mol. The van der Waals surface area contributed by atoms with Crippen molar-refractivity contribution in [2.75, 3.05) is 31.9 Å². The summed E-state index contributed by atoms with van der Waals surface area (Å²) in [6.45, 7) is 10.8. The van der Waals surface area contributed by atoms with Crippen molar-refractivity contribution in [1.29, 1.82) is 0 Å². The van der Waals surface area contributed by atoms with E-state index in [9.17, 15) is 0 Å². The number of fused-ring (bicyclic) bond motifs is 2. The smallest absolute Gasteiger partial charge is 0.188 e. The molecule has 1 aliphatic heterocycles. The summed E-state index contributed by atoms with van der Waals surface area (Å²) < 4.78 is 13.0. The number of aromatic nitrogens is 4. The van der Waals surface area contributed by atoms with Crippen LogP contribution in [0, 0.1) is 6.92 Å². The molecule has 1 aliphatic rings. The number of ether oxygens (including phenoxy) is 2. The number of methoxy groups -OCH3 is 1. The van der Waals surface area contributed by atoms with Crippen LogP contribution in [0.1, 0.15) is 32.8 Å². The normalized spacial score (nSPS) is 16.5. The lowest BCUT2D eigenvalue weighted by atomic mass is 10.0. The van der Waals surface area contributed by atoms with Gasteiger partial charge >= 0.3 is 0 Å². The Labute approximate surface area is 206 Å². The highest BCUT2D eigenvalue weighted by atomic mass is 16.7. The molecule has 0 aliphatic carbocycles. The summed E-state index contributed by atoms with van der Waals surface area (Å²) >= 11 is 0. The Balaban J connectivity index is 1.48. The van der Waals surface area contributed by atoms with Gasteiger partial charge in [0.25, 0.3) is 0 Å². The van der Waals surface area contributed by atoms with Crippen LogP contribution in [0.3, 0.4) is 0 Å². The monoisotopic (exact) mass is 474 g/mol. The predicted molar refractivity (Wildman–Crippen MR) is 140 cm³/mol. The van der Waals surface area contributed by atoms with Gasteiger partial charge < -0.3 is 19.7 Å². The van der Waals surface area contributed by atoms with Gasteiger partial charge in [0.15, 0.2) is 6.79 Å². The first-order chi connectivity index (χ1) is 16.7. The predicted octanol–water partition coefficient (Wildman–Crippen LogP) is 4.44. The maximum atomic E-state index is 5.99. The highest BCUT2D eigenvalue weighted by molar-refractivity contribution is 5.92. The second-order valence-electron chi connectivity index (χ2n) is 10.4. The molecule has 0 radical (unpaired) electrons. The Morgan fingerprint density at radius 1 is 1.11 bits per heavy atom. The molecule has 1 atom stereocenters. The standard InChI is InChI=1S/C27H34N6O2/c1-17-25-18(14-32(5)31-25)13-20(26(17)35-16-34-6)21-7-8-23-22(28-21)9-10-24(29-23)33-12-11-19(15-33)30-27(2,3)4/h7-10,13-14,19,30H,11-12,15-16H2,1-6H3. The second kappa shape index (κ2) is 9.09. The number of anilines is 1. The van der Waals surface area contributed by atoms with E-state index in [1.807, 2.05) is 37.0 Å². The second-order valence-corrected chi connectivity index (χ2v) is 10.4. The van der Waals surface area contributed by atoms with Gasteiger partial charge in [0.05, 0.1) is 22.2 Å². The third kappa shape index (κ3) is 4.81. The molecule has 5 rings (SSSR count). The SMILES string of the molecule is COCOc1c(-c2ccc3nc(N4CCC(NC(C)(C)C)C4)ccc3n2)cc2cn(C)nc2c1C. The van der Waals surface area contributed by atoms with E-state index in [0.717, 1.165) is 69.8 Å². The van der Waals surface area contributed by atoms with Gasteiger partial charge in [-0.2, -0.15) is 5.10 Å². The Morgan fingerprint density at radius 3 is 2.66 bits per heavy atom. The number of pyridine rings is 2. The number of rotatable bonds is 6. The summed E-state index contributed by atoms with van der Waals surface area (Å²) in [5.41, 5.74) is 5.50. The van der Waals surface area contributed by atoms with Gasteiger partial charge in [0.1, 0.15) is 11.6 Å². The van der Waals surface area contributed by atoms with Crippen LogP contribution in [0.2, 0.25) is 0 Å². The van der Waals surface area contributed by atoms with Crippen molar-refractivity contribution in [2.45, 2.75) is 45.7 Å². The minimum absolute atomic E-state index is 0.112. The number of hydrogen-bond donors (Lipinski definition) is 1. The largest absolute Gasteiger partial charge is 0.466 e. The third-order valence-corrected chi connectivity index (χ3v) is 6.37. The fourth-order valence-electron chi connectivity index (χ4n) is 4.95. The molecule has 1 saturated heterocycles. The maximum absolute atomic E-state index is 5.99. The quantitative estimate of drug-likeness (QED) is 0.414. The molecule has 8 heteroatoms. The minimum Gasteiger partial charge on any atom is -0.466 e. The van der Waals surface area contributed by atoms with E-state index >= 15 is 0 Å². The summed E-state index contributed by atoms with van der Waals surface area (Å²) in [6.07, 6.45) is 3.13. The van der Waals surface area contributed by atoms with Crippen molar-refractivity contribution in [3.63, 3.8) is 0 Å². The molecule has 0 saturated carbocycles. The first-order valence-corrected chi connectivity index (χ1v) is 12.1. The molecule has 0 bridgehead atoms. The van der Waals surface area contributed by atoms with E-state index in [-0.39, 0.29) is 12.3 Å². The zero-order valence-corrected chi connectivity index (χ0v) is 21.4. The third-order valence-electron chi connectivity index (χ3n) is 6.37. The molecule has 35 heavy (non-hydrogen) atoms. The lowest BCUT2D eigenvalue weighted by Crippen LogP contribution is -2.44. The number of nitrogens with zero attached hydrogens (tertiary/aromatic N) is 5. The molecule has 4 aromatic rings. The van der Waals surface area contributed by atoms with Crippen LogP contribution in [0.15, 0.2) is 36.5 Å². The molecule has 3 aromatic heterocycles. The molecular formula is C27H34N6O2. The van der Waals surface area contributed by atoms with Crippen LogP contribution in [0.25, 0.3) is 33.2 Å². The fourth-order valence-corrected chi connectivity index (χ4v) is 4.95. The van der Waals surface area contributed by atoms with Crippen molar-refractivity contribution < 1.29 is 9.47 Å². The summed E-state index contributed by atoms with van der Waals surface area (Å²) in [6, 6.07) is 10.8. The Morgan fingerprint density at radius 2 is 1.89 bits per heavy atom. The lowest BCUT2D eigenvalue weighted by Gasteiger charge is -2.26. The summed E-state index contributed by atoms with van der Waals surface area (Å²) in [4.78, 5) is 12.2. The Hall–Kier alpha value is -3.23. The Bertz CT molecular complexity index is 1370. The highest BCUT2D eigenvalue weighted by Gasteiger charge is 2.26. The van der Waals surface area contributed by atoms with Gasteiger partial charge in [-0.05, 0) is 64.4 Å². The molecule has 1 N–H and O–H groups in total. The average Bonchev–Trinajstić information content (AvgIpc) is 3.42. The van der Waals surface area contributed by atoms with E-state index in [2.05, 4.69) is 54.3 Å². The lowest BCUT2D eigenvalue weighted by molar-refractivity contribution is 0.0511. The van der Waals surface area contributed by atoms with Crippen LogP contribution in [0.5, 0.6) is 5.75 Å². The molecule has 0 spiro atoms. The van der Waals surface area contributed by atoms with Gasteiger partial charge in [-0.25, -0.2) is 9.97 Å². The van der Waals surface area contributed by atoms with Crippen molar-refractivity contribution in [2.24, 2.45) is 7.05 Å². The number of hydrogen-bond acceptors (Lipinski definition) is 7. The molecule has 4 heterocycles. The first kappa shape index (κ1) is 23.5. The van der Waals surface area contributed by atoms with Gasteiger partial charge in [0.2, 0.25) is 0 Å². The van der Waals surface area contributed by atoms with Gasteiger partial charge in [-0.3, -0.25) is 4.68 Å². The maximum Gasteiger partial charge on any atom is 0.188 e. The van der Waals surface area contributed by atoms with Crippen LogP contribution in [0.4, 0.5) is 5.82 Å². The molecule has 184 valence electrons. The molecule has 1 fully saturated rings. The van der Waals surface area contributed by atoms with Crippen molar-refractivity contribution in [3.05, 3.63) is 42.1 Å². The van der Waals surface area contributed by atoms with E-state index in [1.165, 1.54) is 0 Å². The van der Waals surface area contributed by atoms with E-state index < -0.39 is 0 Å². The van der Waals surface area contributed by atoms with Crippen LogP contribution in [-0.2, 0) is 11.8 Å². The van der Waals surface area contributed by atoms with Gasteiger partial charge in [-0.1, -0.05) is 0 Å². The van der Waals surface area contributed by atoms with Gasteiger partial charge in [0, 0.05) is 61.5 Å². The van der Waals surface area contributed by atoms with Crippen LogP contribution >= 0.6 is 0 Å². The summed E-state index contributed by atoms with van der Waals surface area (Å²) in [5, 5.41) is 9.35. The van der Waals surface area contributed by atoms with Crippen molar-refractivity contribution in [1.82, 2.24) is 25.1 Å². The first-order valence-electron chi connectivity index (χ1n) is 12.1. The van der Waals surface area contributed by atoms with Crippen LogP contribution in [-0.4, -0.2) is 58.3 Å². The zero-order valence-electron chi connectivity index (χ0n) is 21.4. The number of benzene rings is 1. The van der Waals surface area contributed by atoms with E-state index in [4.69, 9.17) is 19.4 Å². The number of nitrogens with one attached hydrogen (secondary N) is 1. The van der Waals surface area contributed by atoms with E-state index in [0.29, 0.717) is 6.04 Å². The summed E-state index contributed by atoms with van der Waals surface area (Å²) in [7, 11) is 3.54. The minimum atomic E-state index is 0.112. The highest BCUT2D eigenvalue weighted by Crippen LogP contribution is 2.37. The van der Waals surface area contributed by atoms with Crippen LogP contribution < -0.4 is 15.0 Å². The zero-order chi connectivity index (χ0) is 24.7. The molecule has 1 unspecified atom stereocenters. The fraction of sp³-hybridized carbons (Fsp3) is 0.444. The molecule has 0 amide bonds.